The first kappa shape index (κ1) is 8.14. The fraction of sp³-hybridized carbons (Fsp3) is 0.500. The molecule has 1 unspecified atom stereocenters. The van der Waals surface area contributed by atoms with Crippen LogP contribution in [0.4, 0.5) is 0 Å². The first-order chi connectivity index (χ1) is 5.18. The first-order valence-electron chi connectivity index (χ1n) is 3.65. The van der Waals surface area contributed by atoms with E-state index in [1.165, 1.54) is 0 Å². The highest BCUT2D eigenvalue weighted by Crippen LogP contribution is 1.98. The molecule has 60 valence electrons. The second-order valence-electron chi connectivity index (χ2n) is 2.65. The van der Waals surface area contributed by atoms with Crippen LogP contribution < -0.4 is 0 Å². The maximum Gasteiger partial charge on any atom is 0.125 e. The number of aromatic nitrogens is 2. The number of aryl methyl sites for hydroxylation is 1. The molecular weight excluding hydrogens is 140 g/mol. The molecule has 3 heteroatoms. The summed E-state index contributed by atoms with van der Waals surface area (Å²) >= 11 is 0. The van der Waals surface area contributed by atoms with E-state index in [4.69, 9.17) is 5.11 Å². The molecule has 0 amide bonds. The Morgan fingerprint density at radius 1 is 1.64 bits per heavy atom. The van der Waals surface area contributed by atoms with E-state index in [1.807, 2.05) is 13.0 Å². The van der Waals surface area contributed by atoms with Crippen LogP contribution in [-0.4, -0.2) is 21.2 Å². The van der Waals surface area contributed by atoms with Crippen molar-refractivity contribution in [2.24, 2.45) is 0 Å². The van der Waals surface area contributed by atoms with Crippen molar-refractivity contribution < 1.29 is 5.11 Å². The summed E-state index contributed by atoms with van der Waals surface area (Å²) in [4.78, 5) is 8.10. The van der Waals surface area contributed by atoms with E-state index in [0.29, 0.717) is 6.42 Å². The summed E-state index contributed by atoms with van der Waals surface area (Å²) in [5, 5.41) is 9.04. The zero-order valence-corrected chi connectivity index (χ0v) is 6.78. The van der Waals surface area contributed by atoms with Gasteiger partial charge in [0.2, 0.25) is 0 Å². The molecule has 1 N–H and O–H groups in total. The van der Waals surface area contributed by atoms with Crippen molar-refractivity contribution in [3.63, 3.8) is 0 Å². The van der Waals surface area contributed by atoms with Gasteiger partial charge in [0.15, 0.2) is 0 Å². The van der Waals surface area contributed by atoms with Crippen molar-refractivity contribution in [2.75, 3.05) is 0 Å². The fourth-order valence-corrected chi connectivity index (χ4v) is 0.921. The van der Waals surface area contributed by atoms with Crippen molar-refractivity contribution >= 4 is 0 Å². The van der Waals surface area contributed by atoms with E-state index < -0.39 is 0 Å². The number of hydrogen-bond acceptors (Lipinski definition) is 3. The van der Waals surface area contributed by atoms with Crippen LogP contribution in [0.15, 0.2) is 12.3 Å². The van der Waals surface area contributed by atoms with Gasteiger partial charge in [-0.05, 0) is 19.9 Å². The van der Waals surface area contributed by atoms with E-state index in [1.54, 1.807) is 13.1 Å². The minimum atomic E-state index is -0.329. The molecule has 1 atom stereocenters. The Labute approximate surface area is 66.1 Å². The highest BCUT2D eigenvalue weighted by atomic mass is 16.3. The van der Waals surface area contributed by atoms with Gasteiger partial charge in [0.25, 0.3) is 0 Å². The first-order valence-corrected chi connectivity index (χ1v) is 3.65. The van der Waals surface area contributed by atoms with Gasteiger partial charge in [-0.2, -0.15) is 0 Å². The average molecular weight is 152 g/mol. The molecule has 0 spiro atoms. The Morgan fingerprint density at radius 3 is 2.91 bits per heavy atom. The molecular formula is C8H12N2O. The normalized spacial score (nSPS) is 13.0. The molecule has 0 fully saturated rings. The van der Waals surface area contributed by atoms with Gasteiger partial charge in [0.1, 0.15) is 5.82 Å². The van der Waals surface area contributed by atoms with Gasteiger partial charge in [-0.3, -0.25) is 0 Å². The van der Waals surface area contributed by atoms with Gasteiger partial charge < -0.3 is 5.11 Å². The molecule has 1 heterocycles. The minimum absolute atomic E-state index is 0.329. The lowest BCUT2D eigenvalue weighted by Crippen LogP contribution is -2.06. The van der Waals surface area contributed by atoms with Crippen molar-refractivity contribution in [1.82, 2.24) is 9.97 Å². The molecule has 0 bridgehead atoms. The average Bonchev–Trinajstić information content (AvgIpc) is 1.85. The smallest absolute Gasteiger partial charge is 0.125 e. The molecule has 0 aliphatic rings. The van der Waals surface area contributed by atoms with Crippen LogP contribution in [0.5, 0.6) is 0 Å². The van der Waals surface area contributed by atoms with Crippen molar-refractivity contribution in [3.05, 3.63) is 23.8 Å². The van der Waals surface area contributed by atoms with Crippen molar-refractivity contribution in [2.45, 2.75) is 26.4 Å². The van der Waals surface area contributed by atoms with Gasteiger partial charge in [-0.15, -0.1) is 0 Å². The van der Waals surface area contributed by atoms with Gasteiger partial charge in [0.05, 0.1) is 6.10 Å². The lowest BCUT2D eigenvalue weighted by Gasteiger charge is -2.02. The second kappa shape index (κ2) is 3.44. The molecule has 1 aromatic heterocycles. The molecule has 3 nitrogen and oxygen atoms in total. The summed E-state index contributed by atoms with van der Waals surface area (Å²) in [5.41, 5.74) is 0.896. The predicted molar refractivity (Wildman–Crippen MR) is 42.2 cm³/mol. The largest absolute Gasteiger partial charge is 0.393 e. The van der Waals surface area contributed by atoms with E-state index in [-0.39, 0.29) is 6.10 Å². The van der Waals surface area contributed by atoms with Crippen LogP contribution in [0.2, 0.25) is 0 Å². The van der Waals surface area contributed by atoms with Gasteiger partial charge >= 0.3 is 0 Å². The lowest BCUT2D eigenvalue weighted by molar-refractivity contribution is 0.194. The lowest BCUT2D eigenvalue weighted by atomic mass is 10.2. The molecule has 0 saturated heterocycles. The Bertz CT molecular complexity index is 235. The predicted octanol–water partition coefficient (Wildman–Crippen LogP) is 0.708. The monoisotopic (exact) mass is 152 g/mol. The molecule has 11 heavy (non-hydrogen) atoms. The second-order valence-corrected chi connectivity index (χ2v) is 2.65. The van der Waals surface area contributed by atoms with Crippen molar-refractivity contribution in [1.29, 1.82) is 0 Å². The molecule has 0 radical (unpaired) electrons. The number of aliphatic hydroxyl groups excluding tert-OH is 1. The summed E-state index contributed by atoms with van der Waals surface area (Å²) in [6, 6.07) is 1.82. The third kappa shape index (κ3) is 2.63. The Balaban J connectivity index is 2.71. The van der Waals surface area contributed by atoms with Gasteiger partial charge in [-0.25, -0.2) is 9.97 Å². The zero-order valence-electron chi connectivity index (χ0n) is 6.78. The number of aliphatic hydroxyl groups is 1. The SMILES string of the molecule is Cc1nccc(CC(C)O)n1. The maximum absolute atomic E-state index is 9.04. The molecule has 1 rings (SSSR count). The fourth-order valence-electron chi connectivity index (χ4n) is 0.921. The topological polar surface area (TPSA) is 46.0 Å². The Hall–Kier alpha value is -0.960. The van der Waals surface area contributed by atoms with E-state index in [2.05, 4.69) is 9.97 Å². The van der Waals surface area contributed by atoms with E-state index >= 15 is 0 Å². The van der Waals surface area contributed by atoms with E-state index in [0.717, 1.165) is 11.5 Å². The van der Waals surface area contributed by atoms with Crippen molar-refractivity contribution in [3.8, 4) is 0 Å². The highest BCUT2D eigenvalue weighted by Gasteiger charge is 1.99. The Kier molecular flexibility index (Phi) is 2.54. The molecule has 0 aliphatic heterocycles. The summed E-state index contributed by atoms with van der Waals surface area (Å²) in [5.74, 6) is 0.753. The van der Waals surface area contributed by atoms with Crippen LogP contribution >= 0.6 is 0 Å². The van der Waals surface area contributed by atoms with Gasteiger partial charge in [0, 0.05) is 18.3 Å². The van der Waals surface area contributed by atoms with Gasteiger partial charge in [-0.1, -0.05) is 0 Å². The standard InChI is InChI=1S/C8H12N2O/c1-6(11)5-8-3-4-9-7(2)10-8/h3-4,6,11H,5H2,1-2H3. The molecule has 0 aliphatic carbocycles. The quantitative estimate of drug-likeness (QED) is 0.678. The van der Waals surface area contributed by atoms with Crippen LogP contribution in [0, 0.1) is 6.92 Å². The minimum Gasteiger partial charge on any atom is -0.393 e. The number of nitrogens with zero attached hydrogens (tertiary/aromatic N) is 2. The third-order valence-corrected chi connectivity index (χ3v) is 1.34. The van der Waals surface area contributed by atoms with Crippen LogP contribution in [0.1, 0.15) is 18.4 Å². The van der Waals surface area contributed by atoms with Crippen LogP contribution in [0.25, 0.3) is 0 Å². The number of rotatable bonds is 2. The van der Waals surface area contributed by atoms with Crippen LogP contribution in [0.3, 0.4) is 0 Å². The summed E-state index contributed by atoms with van der Waals surface area (Å²) in [6.45, 7) is 3.59. The summed E-state index contributed by atoms with van der Waals surface area (Å²) in [7, 11) is 0. The number of hydrogen-bond donors (Lipinski definition) is 1. The third-order valence-electron chi connectivity index (χ3n) is 1.34. The summed E-state index contributed by atoms with van der Waals surface area (Å²) < 4.78 is 0. The highest BCUT2D eigenvalue weighted by molar-refractivity contribution is 5.02. The summed E-state index contributed by atoms with van der Waals surface area (Å²) in [6.07, 6.45) is 1.98. The molecule has 0 aromatic carbocycles. The maximum atomic E-state index is 9.04. The van der Waals surface area contributed by atoms with E-state index in [9.17, 15) is 0 Å². The molecule has 1 aromatic rings. The Morgan fingerprint density at radius 2 is 2.36 bits per heavy atom. The van der Waals surface area contributed by atoms with Crippen LogP contribution in [-0.2, 0) is 6.42 Å². The molecule has 0 saturated carbocycles. The zero-order chi connectivity index (χ0) is 8.27.